The van der Waals surface area contributed by atoms with Gasteiger partial charge in [0.25, 0.3) is 0 Å². The van der Waals surface area contributed by atoms with E-state index < -0.39 is 0 Å². The molecule has 1 rings (SSSR count). The third-order valence-electron chi connectivity index (χ3n) is 1.92. The van der Waals surface area contributed by atoms with E-state index in [1.807, 2.05) is 13.8 Å². The van der Waals surface area contributed by atoms with E-state index in [-0.39, 0.29) is 11.9 Å². The standard InChI is InChI=1S/C9H17N3O2/c1-3-4-14-9(13)7(2)5-8-6-10-12-11-8/h6-7,10-12H,3-5H2,1-2H3. The molecule has 80 valence electrons. The molecule has 5 heteroatoms. The van der Waals surface area contributed by atoms with Gasteiger partial charge in [0.1, 0.15) is 0 Å². The van der Waals surface area contributed by atoms with Crippen molar-refractivity contribution in [2.45, 2.75) is 26.7 Å². The Morgan fingerprint density at radius 3 is 3.00 bits per heavy atom. The Hall–Kier alpha value is -1.23. The monoisotopic (exact) mass is 199 g/mol. The SMILES string of the molecule is CCCOC(=O)C(C)CC1=CNNN1. The van der Waals surface area contributed by atoms with Crippen molar-refractivity contribution < 1.29 is 9.53 Å². The van der Waals surface area contributed by atoms with E-state index in [1.54, 1.807) is 6.20 Å². The first-order valence-corrected chi connectivity index (χ1v) is 4.86. The molecule has 1 unspecified atom stereocenters. The van der Waals surface area contributed by atoms with Crippen LogP contribution in [0.4, 0.5) is 0 Å². The van der Waals surface area contributed by atoms with Crippen molar-refractivity contribution in [2.75, 3.05) is 6.61 Å². The Morgan fingerprint density at radius 2 is 2.43 bits per heavy atom. The highest BCUT2D eigenvalue weighted by Gasteiger charge is 2.17. The average molecular weight is 199 g/mol. The Bertz CT molecular complexity index is 228. The first kappa shape index (κ1) is 10.8. The predicted molar refractivity (Wildman–Crippen MR) is 52.5 cm³/mol. The third kappa shape index (κ3) is 3.26. The molecule has 14 heavy (non-hydrogen) atoms. The first-order valence-electron chi connectivity index (χ1n) is 4.86. The van der Waals surface area contributed by atoms with Crippen LogP contribution in [0.5, 0.6) is 0 Å². The Balaban J connectivity index is 2.25. The minimum Gasteiger partial charge on any atom is -0.465 e. The zero-order valence-electron chi connectivity index (χ0n) is 8.59. The van der Waals surface area contributed by atoms with Crippen molar-refractivity contribution >= 4 is 5.97 Å². The normalized spacial score (nSPS) is 16.6. The molecule has 1 aliphatic rings. The minimum absolute atomic E-state index is 0.109. The van der Waals surface area contributed by atoms with Crippen molar-refractivity contribution in [2.24, 2.45) is 5.92 Å². The van der Waals surface area contributed by atoms with E-state index in [0.717, 1.165) is 12.1 Å². The highest BCUT2D eigenvalue weighted by Crippen LogP contribution is 2.11. The molecule has 0 aromatic rings. The van der Waals surface area contributed by atoms with Gasteiger partial charge in [0.15, 0.2) is 0 Å². The van der Waals surface area contributed by atoms with Crippen LogP contribution in [0.15, 0.2) is 11.9 Å². The number of carbonyl (C=O) groups is 1. The molecular weight excluding hydrogens is 182 g/mol. The van der Waals surface area contributed by atoms with E-state index in [2.05, 4.69) is 16.4 Å². The summed E-state index contributed by atoms with van der Waals surface area (Å²) in [7, 11) is 0. The second-order valence-electron chi connectivity index (χ2n) is 3.34. The van der Waals surface area contributed by atoms with Crippen molar-refractivity contribution in [1.29, 1.82) is 0 Å². The lowest BCUT2D eigenvalue weighted by Crippen LogP contribution is -2.32. The Kier molecular flexibility index (Phi) is 4.25. The summed E-state index contributed by atoms with van der Waals surface area (Å²) in [5.41, 5.74) is 9.35. The van der Waals surface area contributed by atoms with Crippen LogP contribution in [-0.4, -0.2) is 12.6 Å². The van der Waals surface area contributed by atoms with Gasteiger partial charge >= 0.3 is 5.97 Å². The molecule has 0 bridgehead atoms. The zero-order chi connectivity index (χ0) is 10.4. The lowest BCUT2D eigenvalue weighted by atomic mass is 10.1. The maximum atomic E-state index is 11.4. The van der Waals surface area contributed by atoms with Crippen LogP contribution in [0, 0.1) is 5.92 Å². The number of hydrogen-bond acceptors (Lipinski definition) is 5. The van der Waals surface area contributed by atoms with Crippen LogP contribution in [0.2, 0.25) is 0 Å². The number of hydrogen-bond donors (Lipinski definition) is 3. The third-order valence-corrected chi connectivity index (χ3v) is 1.92. The summed E-state index contributed by atoms with van der Waals surface area (Å²) in [4.78, 5) is 11.4. The lowest BCUT2D eigenvalue weighted by molar-refractivity contribution is -0.147. The maximum absolute atomic E-state index is 11.4. The lowest BCUT2D eigenvalue weighted by Gasteiger charge is -2.11. The number of carbonyl (C=O) groups excluding carboxylic acids is 1. The molecule has 3 N–H and O–H groups in total. The summed E-state index contributed by atoms with van der Waals surface area (Å²) in [6.45, 7) is 4.35. The maximum Gasteiger partial charge on any atom is 0.309 e. The van der Waals surface area contributed by atoms with Gasteiger partial charge in [-0.1, -0.05) is 13.8 Å². The second kappa shape index (κ2) is 5.49. The quantitative estimate of drug-likeness (QED) is 0.560. The van der Waals surface area contributed by atoms with Gasteiger partial charge in [-0.05, 0) is 6.42 Å². The van der Waals surface area contributed by atoms with Crippen LogP contribution in [0.3, 0.4) is 0 Å². The van der Waals surface area contributed by atoms with Gasteiger partial charge in [0.05, 0.1) is 12.5 Å². The topological polar surface area (TPSA) is 62.4 Å². The molecule has 0 spiro atoms. The van der Waals surface area contributed by atoms with Gasteiger partial charge in [-0.15, -0.1) is 0 Å². The molecule has 0 radical (unpaired) electrons. The van der Waals surface area contributed by atoms with E-state index in [1.165, 1.54) is 0 Å². The van der Waals surface area contributed by atoms with Crippen molar-refractivity contribution in [3.8, 4) is 0 Å². The molecule has 1 aliphatic heterocycles. The van der Waals surface area contributed by atoms with Gasteiger partial charge < -0.3 is 15.6 Å². The fraction of sp³-hybridized carbons (Fsp3) is 0.667. The molecule has 0 amide bonds. The van der Waals surface area contributed by atoms with Gasteiger partial charge in [-0.25, -0.2) is 0 Å². The van der Waals surface area contributed by atoms with E-state index in [0.29, 0.717) is 13.0 Å². The van der Waals surface area contributed by atoms with Crippen molar-refractivity contribution in [1.82, 2.24) is 16.4 Å². The average Bonchev–Trinajstić information content (AvgIpc) is 2.66. The summed E-state index contributed by atoms with van der Waals surface area (Å²) in [5.74, 6) is -0.247. The van der Waals surface area contributed by atoms with Gasteiger partial charge in [-0.2, -0.15) is 5.53 Å². The fourth-order valence-corrected chi connectivity index (χ4v) is 1.14. The molecule has 0 aromatic heterocycles. The van der Waals surface area contributed by atoms with Crippen LogP contribution < -0.4 is 16.4 Å². The van der Waals surface area contributed by atoms with Crippen LogP contribution in [-0.2, 0) is 9.53 Å². The number of nitrogens with one attached hydrogen (secondary N) is 3. The number of hydrazine groups is 2. The molecule has 0 saturated heterocycles. The highest BCUT2D eigenvalue weighted by atomic mass is 16.5. The van der Waals surface area contributed by atoms with E-state index in [9.17, 15) is 4.79 Å². The number of esters is 1. The summed E-state index contributed by atoms with van der Waals surface area (Å²) in [5, 5.41) is 0. The molecular formula is C9H17N3O2. The summed E-state index contributed by atoms with van der Waals surface area (Å²) in [6.07, 6.45) is 3.31. The molecule has 5 nitrogen and oxygen atoms in total. The molecule has 0 aliphatic carbocycles. The Morgan fingerprint density at radius 1 is 1.64 bits per heavy atom. The first-order chi connectivity index (χ1) is 6.74. The molecule has 0 saturated carbocycles. The zero-order valence-corrected chi connectivity index (χ0v) is 8.59. The van der Waals surface area contributed by atoms with Gasteiger partial charge in [0.2, 0.25) is 0 Å². The van der Waals surface area contributed by atoms with Gasteiger partial charge in [0, 0.05) is 18.3 Å². The van der Waals surface area contributed by atoms with Gasteiger partial charge in [-0.3, -0.25) is 4.79 Å². The minimum atomic E-state index is -0.138. The number of ether oxygens (including phenoxy) is 1. The smallest absolute Gasteiger partial charge is 0.309 e. The molecule has 1 atom stereocenters. The van der Waals surface area contributed by atoms with Crippen molar-refractivity contribution in [3.05, 3.63) is 11.9 Å². The second-order valence-corrected chi connectivity index (χ2v) is 3.34. The van der Waals surface area contributed by atoms with Crippen LogP contribution in [0.25, 0.3) is 0 Å². The highest BCUT2D eigenvalue weighted by molar-refractivity contribution is 5.72. The predicted octanol–water partition coefficient (Wildman–Crippen LogP) is 0.420. The molecule has 0 aromatic carbocycles. The summed E-state index contributed by atoms with van der Waals surface area (Å²) in [6, 6.07) is 0. The van der Waals surface area contributed by atoms with E-state index >= 15 is 0 Å². The van der Waals surface area contributed by atoms with E-state index in [4.69, 9.17) is 4.74 Å². The van der Waals surface area contributed by atoms with Crippen LogP contribution >= 0.6 is 0 Å². The molecule has 0 fully saturated rings. The number of rotatable bonds is 5. The molecule has 1 heterocycles. The van der Waals surface area contributed by atoms with Crippen LogP contribution in [0.1, 0.15) is 26.7 Å². The largest absolute Gasteiger partial charge is 0.465 e. The fourth-order valence-electron chi connectivity index (χ4n) is 1.14. The Labute approximate surface area is 83.8 Å². The summed E-state index contributed by atoms with van der Waals surface area (Å²) < 4.78 is 5.03. The summed E-state index contributed by atoms with van der Waals surface area (Å²) >= 11 is 0. The number of allylic oxidation sites excluding steroid dienone is 1. The van der Waals surface area contributed by atoms with Crippen molar-refractivity contribution in [3.63, 3.8) is 0 Å².